The van der Waals surface area contributed by atoms with Gasteiger partial charge in [-0.25, -0.2) is 4.98 Å². The number of hydrogen-bond donors (Lipinski definition) is 0. The van der Waals surface area contributed by atoms with Crippen molar-refractivity contribution in [1.29, 1.82) is 0 Å². The van der Waals surface area contributed by atoms with Crippen molar-refractivity contribution in [1.82, 2.24) is 9.55 Å². The van der Waals surface area contributed by atoms with Crippen LogP contribution < -0.4 is 4.90 Å². The molecule has 0 N–H and O–H groups in total. The summed E-state index contributed by atoms with van der Waals surface area (Å²) >= 11 is 0. The van der Waals surface area contributed by atoms with Gasteiger partial charge in [0.2, 0.25) is 5.91 Å². The molecule has 3 aromatic carbocycles. The number of hydrogen-bond acceptors (Lipinski definition) is 3. The number of Topliss-reactive ketones (excluding diaryl/α,β-unsaturated/α-hetero) is 1. The van der Waals surface area contributed by atoms with E-state index in [-0.39, 0.29) is 24.2 Å². The Morgan fingerprint density at radius 3 is 2.33 bits per heavy atom. The molecule has 1 unspecified atom stereocenters. The monoisotopic (exact) mass is 395 g/mol. The highest BCUT2D eigenvalue weighted by molar-refractivity contribution is 5.98. The molecule has 0 radical (unpaired) electrons. The number of imidazole rings is 1. The van der Waals surface area contributed by atoms with Crippen LogP contribution in [0.3, 0.4) is 0 Å². The van der Waals surface area contributed by atoms with Gasteiger partial charge in [0.05, 0.1) is 17.6 Å². The molecule has 5 rings (SSSR count). The molecule has 4 aromatic rings. The maximum atomic E-state index is 12.9. The van der Waals surface area contributed by atoms with E-state index in [4.69, 9.17) is 4.98 Å². The van der Waals surface area contributed by atoms with Gasteiger partial charge in [0.25, 0.3) is 0 Å². The molecule has 1 saturated heterocycles. The highest BCUT2D eigenvalue weighted by atomic mass is 16.2. The van der Waals surface area contributed by atoms with Crippen LogP contribution in [0.4, 0.5) is 5.69 Å². The Morgan fingerprint density at radius 2 is 1.57 bits per heavy atom. The van der Waals surface area contributed by atoms with Crippen molar-refractivity contribution in [3.63, 3.8) is 0 Å². The first-order valence-electron chi connectivity index (χ1n) is 10.1. The van der Waals surface area contributed by atoms with Gasteiger partial charge in [-0.15, -0.1) is 0 Å². The molecule has 2 heterocycles. The molecule has 0 saturated carbocycles. The fourth-order valence-corrected chi connectivity index (χ4v) is 4.17. The molecule has 1 aliphatic rings. The van der Waals surface area contributed by atoms with Gasteiger partial charge < -0.3 is 9.47 Å². The number of para-hydroxylation sites is 3. The minimum absolute atomic E-state index is 0.0317. The van der Waals surface area contributed by atoms with Gasteiger partial charge in [0.1, 0.15) is 5.82 Å². The molecule has 148 valence electrons. The largest absolute Gasteiger partial charge is 0.320 e. The molecule has 0 spiro atoms. The first-order chi connectivity index (χ1) is 14.7. The number of anilines is 1. The third kappa shape index (κ3) is 3.28. The second-order valence-electron chi connectivity index (χ2n) is 7.58. The first kappa shape index (κ1) is 18.3. The minimum atomic E-state index is -0.0614. The average Bonchev–Trinajstić information content (AvgIpc) is 3.35. The summed E-state index contributed by atoms with van der Waals surface area (Å²) in [5.41, 5.74) is 3.34. The average molecular weight is 395 g/mol. The normalized spacial score (nSPS) is 16.3. The first-order valence-corrected chi connectivity index (χ1v) is 10.1. The summed E-state index contributed by atoms with van der Waals surface area (Å²) in [4.78, 5) is 32.3. The topological polar surface area (TPSA) is 55.2 Å². The molecule has 5 heteroatoms. The van der Waals surface area contributed by atoms with E-state index < -0.39 is 0 Å². The molecule has 1 fully saturated rings. The Bertz CT molecular complexity index is 1220. The maximum Gasteiger partial charge on any atom is 0.227 e. The number of rotatable bonds is 5. The summed E-state index contributed by atoms with van der Waals surface area (Å²) in [6.07, 6.45) is 0.387. The predicted molar refractivity (Wildman–Crippen MR) is 117 cm³/mol. The van der Waals surface area contributed by atoms with Crippen LogP contribution in [0.2, 0.25) is 0 Å². The van der Waals surface area contributed by atoms with Crippen LogP contribution in [0, 0.1) is 0 Å². The van der Waals surface area contributed by atoms with E-state index in [2.05, 4.69) is 0 Å². The second-order valence-corrected chi connectivity index (χ2v) is 7.58. The van der Waals surface area contributed by atoms with E-state index in [1.54, 1.807) is 0 Å². The van der Waals surface area contributed by atoms with Crippen LogP contribution in [-0.4, -0.2) is 27.8 Å². The van der Waals surface area contributed by atoms with Crippen LogP contribution in [0.25, 0.3) is 11.0 Å². The molecule has 0 bridgehead atoms. The maximum absolute atomic E-state index is 12.9. The number of amides is 1. The van der Waals surface area contributed by atoms with Crippen molar-refractivity contribution in [3.8, 4) is 0 Å². The zero-order valence-electron chi connectivity index (χ0n) is 16.4. The summed E-state index contributed by atoms with van der Waals surface area (Å²) in [6, 6.07) is 26.8. The summed E-state index contributed by atoms with van der Waals surface area (Å²) in [7, 11) is 0. The number of nitrogens with zero attached hydrogens (tertiary/aromatic N) is 3. The van der Waals surface area contributed by atoms with Crippen LogP contribution in [-0.2, 0) is 11.3 Å². The summed E-state index contributed by atoms with van der Waals surface area (Å²) in [5, 5.41) is 0. The van der Waals surface area contributed by atoms with Gasteiger partial charge in [0, 0.05) is 30.1 Å². The Balaban J connectivity index is 1.51. The molecular formula is C25H21N3O2. The van der Waals surface area contributed by atoms with Crippen molar-refractivity contribution < 1.29 is 9.59 Å². The van der Waals surface area contributed by atoms with E-state index in [0.717, 1.165) is 22.5 Å². The van der Waals surface area contributed by atoms with Gasteiger partial charge in [-0.1, -0.05) is 60.7 Å². The number of benzene rings is 3. The van der Waals surface area contributed by atoms with Gasteiger partial charge in [-0.3, -0.25) is 9.59 Å². The molecule has 1 aromatic heterocycles. The van der Waals surface area contributed by atoms with Gasteiger partial charge >= 0.3 is 0 Å². The third-order valence-corrected chi connectivity index (χ3v) is 5.64. The summed E-state index contributed by atoms with van der Waals surface area (Å²) in [6.45, 7) is 0.765. The minimum Gasteiger partial charge on any atom is -0.320 e. The molecule has 1 aliphatic heterocycles. The summed E-state index contributed by atoms with van der Waals surface area (Å²) < 4.78 is 1.98. The fraction of sp³-hybridized carbons (Fsp3) is 0.160. The zero-order valence-corrected chi connectivity index (χ0v) is 16.4. The molecule has 5 nitrogen and oxygen atoms in total. The SMILES string of the molecule is O=C(Cn1c(C2CC(=O)N(c3ccccc3)C2)nc2ccccc21)c1ccccc1. The van der Waals surface area contributed by atoms with Crippen LogP contribution in [0.1, 0.15) is 28.5 Å². The van der Waals surface area contributed by atoms with E-state index in [1.165, 1.54) is 0 Å². The Labute approximate surface area is 174 Å². The lowest BCUT2D eigenvalue weighted by molar-refractivity contribution is -0.117. The lowest BCUT2D eigenvalue weighted by Crippen LogP contribution is -2.24. The lowest BCUT2D eigenvalue weighted by Gasteiger charge is -2.17. The molecule has 30 heavy (non-hydrogen) atoms. The van der Waals surface area contributed by atoms with E-state index in [9.17, 15) is 9.59 Å². The quantitative estimate of drug-likeness (QED) is 0.470. The smallest absolute Gasteiger partial charge is 0.227 e. The molecule has 1 atom stereocenters. The third-order valence-electron chi connectivity index (χ3n) is 5.64. The fourth-order valence-electron chi connectivity index (χ4n) is 4.17. The van der Waals surface area contributed by atoms with Crippen molar-refractivity contribution in [2.24, 2.45) is 0 Å². The Morgan fingerprint density at radius 1 is 0.900 bits per heavy atom. The molecule has 1 amide bonds. The Kier molecular flexibility index (Phi) is 4.64. The summed E-state index contributed by atoms with van der Waals surface area (Å²) in [5.74, 6) is 0.851. The van der Waals surface area contributed by atoms with Crippen molar-refractivity contribution in [2.45, 2.75) is 18.9 Å². The number of fused-ring (bicyclic) bond motifs is 1. The zero-order chi connectivity index (χ0) is 20.5. The Hall–Kier alpha value is -3.73. The van der Waals surface area contributed by atoms with Crippen LogP contribution >= 0.6 is 0 Å². The standard InChI is InChI=1S/C25H21N3O2/c29-23(18-9-3-1-4-10-18)17-28-22-14-8-7-13-21(22)26-25(28)19-15-24(30)27(16-19)20-11-5-2-6-12-20/h1-14,19H,15-17H2. The van der Waals surface area contributed by atoms with Gasteiger partial charge in [0.15, 0.2) is 5.78 Å². The van der Waals surface area contributed by atoms with Gasteiger partial charge in [-0.05, 0) is 24.3 Å². The van der Waals surface area contributed by atoms with Crippen molar-refractivity contribution in [3.05, 3.63) is 96.3 Å². The van der Waals surface area contributed by atoms with Crippen molar-refractivity contribution in [2.75, 3.05) is 11.4 Å². The van der Waals surface area contributed by atoms with E-state index >= 15 is 0 Å². The van der Waals surface area contributed by atoms with Crippen molar-refractivity contribution >= 4 is 28.4 Å². The highest BCUT2D eigenvalue weighted by Gasteiger charge is 2.35. The van der Waals surface area contributed by atoms with Gasteiger partial charge in [-0.2, -0.15) is 0 Å². The van der Waals surface area contributed by atoms with E-state index in [0.29, 0.717) is 18.5 Å². The highest BCUT2D eigenvalue weighted by Crippen LogP contribution is 2.33. The molecule has 0 aliphatic carbocycles. The number of aromatic nitrogens is 2. The lowest BCUT2D eigenvalue weighted by atomic mass is 10.1. The second kappa shape index (κ2) is 7.59. The predicted octanol–water partition coefficient (Wildman–Crippen LogP) is 4.44. The molecular weight excluding hydrogens is 374 g/mol. The number of ketones is 1. The van der Waals surface area contributed by atoms with Crippen LogP contribution in [0.5, 0.6) is 0 Å². The number of carbonyl (C=O) groups is 2. The number of carbonyl (C=O) groups excluding carboxylic acids is 2. The van der Waals surface area contributed by atoms with E-state index in [1.807, 2.05) is 94.4 Å². The van der Waals surface area contributed by atoms with Crippen LogP contribution in [0.15, 0.2) is 84.9 Å².